The first-order valence-electron chi connectivity index (χ1n) is 18.1. The molecule has 0 atom stereocenters. The SMILES string of the molecule is c1ccc2c(c1)OB1c3ccc(-n4c5ccccc5c5ccccc54)cc3Oc3cc(-c4ccc(-n5c6ccccc6c6ccccc65)cc4)cc-2c31. The van der Waals surface area contributed by atoms with E-state index >= 15 is 0 Å². The second kappa shape index (κ2) is 10.8. The van der Waals surface area contributed by atoms with Crippen LogP contribution in [0.25, 0.3) is 77.2 Å². The van der Waals surface area contributed by atoms with Gasteiger partial charge in [-0.1, -0.05) is 109 Å². The van der Waals surface area contributed by atoms with Crippen LogP contribution in [0.3, 0.4) is 0 Å². The first-order valence-corrected chi connectivity index (χ1v) is 18.1. The Balaban J connectivity index is 1.00. The highest BCUT2D eigenvalue weighted by molar-refractivity contribution is 6.84. The highest BCUT2D eigenvalue weighted by Crippen LogP contribution is 2.43. The fourth-order valence-corrected chi connectivity index (χ4v) is 8.86. The molecule has 8 aromatic carbocycles. The molecule has 12 rings (SSSR count). The van der Waals surface area contributed by atoms with E-state index in [0.29, 0.717) is 0 Å². The zero-order valence-electron chi connectivity index (χ0n) is 28.5. The van der Waals surface area contributed by atoms with E-state index in [1.165, 1.54) is 43.6 Å². The third-order valence-electron chi connectivity index (χ3n) is 11.2. The highest BCUT2D eigenvalue weighted by Gasteiger charge is 2.41. The molecule has 0 N–H and O–H groups in total. The number of aromatic nitrogens is 2. The Labute approximate surface area is 305 Å². The summed E-state index contributed by atoms with van der Waals surface area (Å²) < 4.78 is 18.5. The lowest BCUT2D eigenvalue weighted by atomic mass is 9.50. The standard InChI is InChI=1S/C48H29BN2O2/c1-6-16-41-34(11-1)35-12-2-7-17-42(35)50(41)32-23-21-30(22-24-32)31-27-39-38-15-5-10-20-45(38)53-49-40-26-25-33(29-46(40)52-47(28-31)48(39)49)51-43-18-8-3-13-36(43)37-14-4-9-19-44(37)51/h1-29H. The Bertz CT molecular complexity index is 3030. The molecule has 0 saturated carbocycles. The molecule has 2 aliphatic heterocycles. The summed E-state index contributed by atoms with van der Waals surface area (Å²) in [6.45, 7) is -0.280. The van der Waals surface area contributed by atoms with E-state index in [4.69, 9.17) is 9.39 Å². The average Bonchev–Trinajstić information content (AvgIpc) is 3.74. The van der Waals surface area contributed by atoms with Crippen LogP contribution in [0.15, 0.2) is 176 Å². The summed E-state index contributed by atoms with van der Waals surface area (Å²) in [5, 5.41) is 4.99. The Hall–Kier alpha value is -6.98. The van der Waals surface area contributed by atoms with E-state index in [2.05, 4.69) is 179 Å². The third kappa shape index (κ3) is 4.07. The summed E-state index contributed by atoms with van der Waals surface area (Å²) in [5.41, 5.74) is 13.5. The van der Waals surface area contributed by atoms with E-state index in [0.717, 1.165) is 61.8 Å². The molecule has 4 heterocycles. The summed E-state index contributed by atoms with van der Waals surface area (Å²) in [6.07, 6.45) is 0. The fraction of sp³-hybridized carbons (Fsp3) is 0. The number of fused-ring (bicyclic) bond motifs is 10. The number of ether oxygens (including phenoxy) is 1. The smallest absolute Gasteiger partial charge is 0.434 e. The largest absolute Gasteiger partial charge is 0.551 e. The summed E-state index contributed by atoms with van der Waals surface area (Å²) in [7, 11) is 0. The van der Waals surface area contributed by atoms with Gasteiger partial charge in [0.2, 0.25) is 0 Å². The maximum Gasteiger partial charge on any atom is 0.434 e. The van der Waals surface area contributed by atoms with E-state index < -0.39 is 0 Å². The number of nitrogens with zero attached hydrogens (tertiary/aromatic N) is 2. The normalized spacial score (nSPS) is 12.8. The summed E-state index contributed by atoms with van der Waals surface area (Å²) >= 11 is 0. The predicted molar refractivity (Wildman–Crippen MR) is 218 cm³/mol. The van der Waals surface area contributed by atoms with Crippen molar-refractivity contribution in [1.29, 1.82) is 0 Å². The third-order valence-corrected chi connectivity index (χ3v) is 11.2. The molecule has 2 aromatic heterocycles. The molecule has 4 nitrogen and oxygen atoms in total. The van der Waals surface area contributed by atoms with Crippen molar-refractivity contribution in [3.05, 3.63) is 176 Å². The molecule has 0 amide bonds. The lowest BCUT2D eigenvalue weighted by Crippen LogP contribution is -2.53. The van der Waals surface area contributed by atoms with Crippen molar-refractivity contribution in [3.8, 4) is 50.9 Å². The van der Waals surface area contributed by atoms with Gasteiger partial charge in [-0.2, -0.15) is 0 Å². The Morgan fingerprint density at radius 3 is 1.53 bits per heavy atom. The van der Waals surface area contributed by atoms with Gasteiger partial charge < -0.3 is 18.5 Å². The van der Waals surface area contributed by atoms with E-state index in [9.17, 15) is 0 Å². The van der Waals surface area contributed by atoms with Gasteiger partial charge in [0.25, 0.3) is 0 Å². The maximum atomic E-state index is 6.95. The second-order valence-electron chi connectivity index (χ2n) is 14.0. The molecule has 53 heavy (non-hydrogen) atoms. The topological polar surface area (TPSA) is 28.3 Å². The molecule has 10 aromatic rings. The van der Waals surface area contributed by atoms with Gasteiger partial charge in [0.05, 0.1) is 22.1 Å². The van der Waals surface area contributed by atoms with Crippen LogP contribution in [0.2, 0.25) is 0 Å². The first kappa shape index (κ1) is 28.7. The van der Waals surface area contributed by atoms with Crippen molar-refractivity contribution in [3.63, 3.8) is 0 Å². The Morgan fingerprint density at radius 2 is 0.906 bits per heavy atom. The number of para-hydroxylation sites is 5. The Morgan fingerprint density at radius 1 is 0.377 bits per heavy atom. The minimum Gasteiger partial charge on any atom is -0.551 e. The Kier molecular flexibility index (Phi) is 5.83. The molecule has 246 valence electrons. The van der Waals surface area contributed by atoms with Gasteiger partial charge in [-0.15, -0.1) is 0 Å². The zero-order chi connectivity index (χ0) is 34.6. The van der Waals surface area contributed by atoms with E-state index in [1.54, 1.807) is 0 Å². The minimum absolute atomic E-state index is 0.280. The molecule has 0 saturated heterocycles. The van der Waals surface area contributed by atoms with Crippen LogP contribution in [0.4, 0.5) is 0 Å². The quantitative estimate of drug-likeness (QED) is 0.174. The van der Waals surface area contributed by atoms with Crippen LogP contribution >= 0.6 is 0 Å². The molecule has 5 heteroatoms. The van der Waals surface area contributed by atoms with Crippen molar-refractivity contribution in [2.24, 2.45) is 0 Å². The molecule has 0 unspecified atom stereocenters. The molecule has 0 aliphatic carbocycles. The molecule has 2 aliphatic rings. The van der Waals surface area contributed by atoms with Crippen LogP contribution in [0.5, 0.6) is 17.2 Å². The number of hydrogen-bond donors (Lipinski definition) is 0. The van der Waals surface area contributed by atoms with Crippen LogP contribution in [-0.4, -0.2) is 16.0 Å². The van der Waals surface area contributed by atoms with E-state index in [1.807, 2.05) is 6.07 Å². The van der Waals surface area contributed by atoms with Crippen molar-refractivity contribution in [1.82, 2.24) is 9.13 Å². The van der Waals surface area contributed by atoms with Gasteiger partial charge >= 0.3 is 6.92 Å². The lowest BCUT2D eigenvalue weighted by Gasteiger charge is -2.33. The van der Waals surface area contributed by atoms with Crippen LogP contribution in [0, 0.1) is 0 Å². The summed E-state index contributed by atoms with van der Waals surface area (Å²) in [6, 6.07) is 62.8. The van der Waals surface area contributed by atoms with Crippen molar-refractivity contribution < 1.29 is 9.39 Å². The maximum absolute atomic E-state index is 6.95. The molecular weight excluding hydrogens is 647 g/mol. The molecule has 0 bridgehead atoms. The molecule has 0 fully saturated rings. The van der Waals surface area contributed by atoms with Gasteiger partial charge in [0.15, 0.2) is 0 Å². The second-order valence-corrected chi connectivity index (χ2v) is 14.0. The average molecular weight is 677 g/mol. The van der Waals surface area contributed by atoms with Crippen molar-refractivity contribution >= 4 is 61.5 Å². The fourth-order valence-electron chi connectivity index (χ4n) is 8.86. The van der Waals surface area contributed by atoms with Crippen LogP contribution < -0.4 is 20.3 Å². The van der Waals surface area contributed by atoms with Gasteiger partial charge in [0, 0.05) is 55.5 Å². The van der Waals surface area contributed by atoms with Gasteiger partial charge in [-0.05, 0) is 77.4 Å². The number of hydrogen-bond acceptors (Lipinski definition) is 2. The molecule has 0 spiro atoms. The van der Waals surface area contributed by atoms with Crippen molar-refractivity contribution in [2.75, 3.05) is 0 Å². The zero-order valence-corrected chi connectivity index (χ0v) is 28.5. The number of rotatable bonds is 3. The molecule has 0 radical (unpaired) electrons. The minimum atomic E-state index is -0.280. The number of benzene rings is 8. The van der Waals surface area contributed by atoms with Gasteiger partial charge in [-0.25, -0.2) is 0 Å². The van der Waals surface area contributed by atoms with Gasteiger partial charge in [-0.3, -0.25) is 0 Å². The monoisotopic (exact) mass is 676 g/mol. The summed E-state index contributed by atoms with van der Waals surface area (Å²) in [5.74, 6) is 2.52. The highest BCUT2D eigenvalue weighted by atomic mass is 16.5. The van der Waals surface area contributed by atoms with Crippen LogP contribution in [0.1, 0.15) is 0 Å². The molecular formula is C48H29BN2O2. The van der Waals surface area contributed by atoms with E-state index in [-0.39, 0.29) is 6.92 Å². The van der Waals surface area contributed by atoms with Gasteiger partial charge in [0.1, 0.15) is 17.2 Å². The van der Waals surface area contributed by atoms with Crippen LogP contribution in [-0.2, 0) is 0 Å². The predicted octanol–water partition coefficient (Wildman–Crippen LogP) is 10.8. The van der Waals surface area contributed by atoms with Crippen molar-refractivity contribution in [2.45, 2.75) is 0 Å². The lowest BCUT2D eigenvalue weighted by molar-refractivity contribution is 0.479. The summed E-state index contributed by atoms with van der Waals surface area (Å²) in [4.78, 5) is 0. The first-order chi connectivity index (χ1) is 26.3.